The van der Waals surface area contributed by atoms with Crippen LogP contribution in [0.25, 0.3) is 0 Å². The molecule has 3 nitrogen and oxygen atoms in total. The summed E-state index contributed by atoms with van der Waals surface area (Å²) in [5.41, 5.74) is 2.76. The third-order valence-electron chi connectivity index (χ3n) is 5.12. The Bertz CT molecular complexity index is 859. The zero-order chi connectivity index (χ0) is 20.9. The van der Waals surface area contributed by atoms with Crippen molar-refractivity contribution in [2.45, 2.75) is 78.6 Å². The molecule has 3 rings (SSSR count). The van der Waals surface area contributed by atoms with Gasteiger partial charge in [0.2, 0.25) is 0 Å². The lowest BCUT2D eigenvalue weighted by molar-refractivity contribution is 0.0924. The van der Waals surface area contributed by atoms with Crippen LogP contribution in [-0.2, 0) is 17.3 Å². The van der Waals surface area contributed by atoms with E-state index in [1.807, 2.05) is 24.3 Å². The second-order valence-electron chi connectivity index (χ2n) is 9.73. The van der Waals surface area contributed by atoms with E-state index in [1.165, 1.54) is 10.5 Å². The number of fused-ring (bicyclic) bond motifs is 1. The molecule has 0 saturated heterocycles. The van der Waals surface area contributed by atoms with Gasteiger partial charge in [-0.1, -0.05) is 67.0 Å². The number of imide groups is 1. The average molecular weight is 398 g/mol. The maximum atomic E-state index is 13.4. The van der Waals surface area contributed by atoms with Crippen LogP contribution in [0.4, 0.5) is 5.69 Å². The molecule has 0 bridgehead atoms. The molecule has 0 radical (unpaired) electrons. The number of amides is 2. The molecule has 1 aromatic carbocycles. The summed E-state index contributed by atoms with van der Waals surface area (Å²) in [6.45, 7) is 14.8. The van der Waals surface area contributed by atoms with Gasteiger partial charge in [0.25, 0.3) is 11.8 Å². The molecule has 0 fully saturated rings. The van der Waals surface area contributed by atoms with Crippen molar-refractivity contribution in [1.29, 1.82) is 0 Å². The van der Waals surface area contributed by atoms with Crippen LogP contribution in [-0.4, -0.2) is 11.8 Å². The van der Waals surface area contributed by atoms with Gasteiger partial charge in [0.15, 0.2) is 0 Å². The first-order valence-corrected chi connectivity index (χ1v) is 10.9. The minimum Gasteiger partial charge on any atom is -0.268 e. The fraction of sp³-hybridized carbons (Fsp3) is 0.500. The van der Waals surface area contributed by atoms with E-state index >= 15 is 0 Å². The standard InChI is InChI=1S/C24H31NO2S/c1-8-9-10-15-11-13-16(14-12-15)25-21(26)17-18(22(25)27)20(24(5,6)7)28-19(17)23(2,3)4/h11-14H,8-10H2,1-7H3. The number of rotatable bonds is 4. The van der Waals surface area contributed by atoms with Gasteiger partial charge >= 0.3 is 0 Å². The Labute approximate surface area is 172 Å². The minimum atomic E-state index is -0.186. The third-order valence-corrected chi connectivity index (χ3v) is 7.16. The van der Waals surface area contributed by atoms with Crippen LogP contribution in [0.15, 0.2) is 24.3 Å². The Kier molecular flexibility index (Phi) is 5.30. The highest BCUT2D eigenvalue weighted by Crippen LogP contribution is 2.46. The monoisotopic (exact) mass is 397 g/mol. The lowest BCUT2D eigenvalue weighted by Gasteiger charge is -2.22. The number of thiophene rings is 1. The molecule has 2 amide bonds. The number of anilines is 1. The Morgan fingerprint density at radius 3 is 1.68 bits per heavy atom. The van der Waals surface area contributed by atoms with Crippen LogP contribution >= 0.6 is 11.3 Å². The maximum absolute atomic E-state index is 13.4. The van der Waals surface area contributed by atoms with E-state index in [0.717, 1.165) is 29.0 Å². The Balaban J connectivity index is 2.07. The number of hydrogen-bond donors (Lipinski definition) is 0. The van der Waals surface area contributed by atoms with Crippen molar-refractivity contribution in [2.75, 3.05) is 4.90 Å². The lowest BCUT2D eigenvalue weighted by atomic mass is 9.87. The van der Waals surface area contributed by atoms with Crippen molar-refractivity contribution in [3.63, 3.8) is 0 Å². The molecule has 1 aromatic heterocycles. The van der Waals surface area contributed by atoms with Gasteiger partial charge in [0.1, 0.15) is 0 Å². The molecule has 4 heteroatoms. The quantitative estimate of drug-likeness (QED) is 0.553. The van der Waals surface area contributed by atoms with E-state index in [2.05, 4.69) is 48.5 Å². The van der Waals surface area contributed by atoms with Crippen molar-refractivity contribution in [3.05, 3.63) is 50.7 Å². The molecule has 0 N–H and O–H groups in total. The van der Waals surface area contributed by atoms with Gasteiger partial charge in [-0.25, -0.2) is 4.90 Å². The first-order valence-electron chi connectivity index (χ1n) is 10.1. The molecule has 0 spiro atoms. The molecular formula is C24H31NO2S. The molecule has 0 aliphatic carbocycles. The molecule has 2 aromatic rings. The molecule has 150 valence electrons. The van der Waals surface area contributed by atoms with Crippen LogP contribution < -0.4 is 4.90 Å². The van der Waals surface area contributed by atoms with Crippen molar-refractivity contribution >= 4 is 28.8 Å². The highest BCUT2D eigenvalue weighted by atomic mass is 32.1. The van der Waals surface area contributed by atoms with Gasteiger partial charge in [0, 0.05) is 9.75 Å². The summed E-state index contributed by atoms with van der Waals surface area (Å²) in [7, 11) is 0. The van der Waals surface area contributed by atoms with E-state index in [-0.39, 0.29) is 22.6 Å². The highest BCUT2D eigenvalue weighted by molar-refractivity contribution is 7.13. The molecule has 0 unspecified atom stereocenters. The van der Waals surface area contributed by atoms with Gasteiger partial charge in [-0.3, -0.25) is 9.59 Å². The van der Waals surface area contributed by atoms with E-state index in [0.29, 0.717) is 16.8 Å². The van der Waals surface area contributed by atoms with Crippen LogP contribution in [0.5, 0.6) is 0 Å². The molecule has 0 atom stereocenters. The van der Waals surface area contributed by atoms with Crippen LogP contribution in [0.1, 0.15) is 97.3 Å². The van der Waals surface area contributed by atoms with Gasteiger partial charge < -0.3 is 0 Å². The summed E-state index contributed by atoms with van der Waals surface area (Å²) >= 11 is 1.62. The number of carbonyl (C=O) groups is 2. The predicted molar refractivity (Wildman–Crippen MR) is 118 cm³/mol. The Morgan fingerprint density at radius 1 is 0.821 bits per heavy atom. The van der Waals surface area contributed by atoms with Gasteiger partial charge in [-0.2, -0.15) is 0 Å². The van der Waals surface area contributed by atoms with Gasteiger partial charge in [-0.05, 0) is 41.4 Å². The Hall–Kier alpha value is -1.94. The van der Waals surface area contributed by atoms with Crippen LogP contribution in [0.2, 0.25) is 0 Å². The average Bonchev–Trinajstić information content (AvgIpc) is 3.11. The first kappa shape index (κ1) is 20.8. The summed E-state index contributed by atoms with van der Waals surface area (Å²) in [6.07, 6.45) is 3.31. The third kappa shape index (κ3) is 3.55. The first-order chi connectivity index (χ1) is 13.0. The molecule has 28 heavy (non-hydrogen) atoms. The summed E-state index contributed by atoms with van der Waals surface area (Å²) < 4.78 is 0. The van der Waals surface area contributed by atoms with Gasteiger partial charge in [0.05, 0.1) is 16.8 Å². The largest absolute Gasteiger partial charge is 0.268 e. The van der Waals surface area contributed by atoms with Crippen LogP contribution in [0.3, 0.4) is 0 Å². The second-order valence-corrected chi connectivity index (χ2v) is 10.7. The topological polar surface area (TPSA) is 37.4 Å². The van der Waals surface area contributed by atoms with Gasteiger partial charge in [-0.15, -0.1) is 11.3 Å². The van der Waals surface area contributed by atoms with Crippen molar-refractivity contribution in [2.24, 2.45) is 0 Å². The number of aryl methyl sites for hydroxylation is 1. The fourth-order valence-electron chi connectivity index (χ4n) is 3.64. The number of carbonyl (C=O) groups excluding carboxylic acids is 2. The van der Waals surface area contributed by atoms with E-state index < -0.39 is 0 Å². The maximum Gasteiger partial charge on any atom is 0.267 e. The predicted octanol–water partition coefficient (Wildman–Crippen LogP) is 6.49. The van der Waals surface area contributed by atoms with E-state index in [9.17, 15) is 9.59 Å². The summed E-state index contributed by atoms with van der Waals surface area (Å²) in [5.74, 6) is -0.365. The van der Waals surface area contributed by atoms with E-state index in [1.54, 1.807) is 11.3 Å². The fourth-order valence-corrected chi connectivity index (χ4v) is 5.04. The Morgan fingerprint density at radius 2 is 1.29 bits per heavy atom. The number of hydrogen-bond acceptors (Lipinski definition) is 3. The zero-order valence-corrected chi connectivity index (χ0v) is 18.9. The molecule has 1 aliphatic heterocycles. The minimum absolute atomic E-state index is 0.182. The SMILES string of the molecule is CCCCc1ccc(N2C(=O)c3c(C(C)(C)C)sc(C(C)(C)C)c3C2=O)cc1. The lowest BCUT2D eigenvalue weighted by Crippen LogP contribution is -2.31. The summed E-state index contributed by atoms with van der Waals surface area (Å²) in [5, 5.41) is 0. The van der Waals surface area contributed by atoms with Crippen molar-refractivity contribution < 1.29 is 9.59 Å². The number of nitrogens with zero attached hydrogens (tertiary/aromatic N) is 1. The smallest absolute Gasteiger partial charge is 0.267 e. The number of benzene rings is 1. The number of unbranched alkanes of at least 4 members (excludes halogenated alkanes) is 1. The van der Waals surface area contributed by atoms with E-state index in [4.69, 9.17) is 0 Å². The highest BCUT2D eigenvalue weighted by Gasteiger charge is 2.46. The van der Waals surface area contributed by atoms with Crippen molar-refractivity contribution in [1.82, 2.24) is 0 Å². The molecule has 1 aliphatic rings. The summed E-state index contributed by atoms with van der Waals surface area (Å²) in [6, 6.07) is 7.88. The van der Waals surface area contributed by atoms with Crippen LogP contribution in [0, 0.1) is 0 Å². The van der Waals surface area contributed by atoms with Crippen molar-refractivity contribution in [3.8, 4) is 0 Å². The normalized spacial score (nSPS) is 14.8. The molecule has 2 heterocycles. The second kappa shape index (κ2) is 7.14. The summed E-state index contributed by atoms with van der Waals surface area (Å²) in [4.78, 5) is 30.1. The molecule has 0 saturated carbocycles. The zero-order valence-electron chi connectivity index (χ0n) is 18.1. The molecular weight excluding hydrogens is 366 g/mol.